The minimum Gasteiger partial charge on any atom is -0.456 e. The summed E-state index contributed by atoms with van der Waals surface area (Å²) in [6, 6.07) is 15.9. The summed E-state index contributed by atoms with van der Waals surface area (Å²) in [7, 11) is 2.20. The van der Waals surface area contributed by atoms with Gasteiger partial charge in [-0.25, -0.2) is 4.57 Å². The van der Waals surface area contributed by atoms with Gasteiger partial charge in [-0.15, -0.1) is 0 Å². The third-order valence-electron chi connectivity index (χ3n) is 9.54. The molecule has 0 saturated carbocycles. The van der Waals surface area contributed by atoms with Gasteiger partial charge < -0.3 is 4.42 Å². The van der Waals surface area contributed by atoms with Gasteiger partial charge in [0.15, 0.2) is 11.0 Å². The molecule has 39 heavy (non-hydrogen) atoms. The van der Waals surface area contributed by atoms with Gasteiger partial charge in [-0.1, -0.05) is 66.4 Å². The van der Waals surface area contributed by atoms with E-state index in [0.717, 1.165) is 23.3 Å². The number of hydrogen-bond acceptors (Lipinski definition) is 1. The first kappa shape index (κ1) is 26.2. The first-order valence-electron chi connectivity index (χ1n) is 15.2. The van der Waals surface area contributed by atoms with Crippen LogP contribution < -0.4 is 4.57 Å². The van der Waals surface area contributed by atoms with Gasteiger partial charge >= 0.3 is 0 Å². The Balaban J connectivity index is 1.48. The molecule has 1 aliphatic rings. The summed E-state index contributed by atoms with van der Waals surface area (Å²) < 4.78 is 11.1. The number of unbranched alkanes of at least 4 members (excludes halogenated alkanes) is 3. The van der Waals surface area contributed by atoms with E-state index in [4.69, 9.17) is 4.42 Å². The Hall–Kier alpha value is -3.07. The van der Waals surface area contributed by atoms with E-state index < -0.39 is 0 Å². The molecular weight excluding hydrogens is 476 g/mol. The van der Waals surface area contributed by atoms with E-state index in [1.54, 1.807) is 5.56 Å². The van der Waals surface area contributed by atoms with Crippen molar-refractivity contribution in [1.82, 2.24) is 4.57 Å². The predicted octanol–water partition coefficient (Wildman–Crippen LogP) is 9.52. The van der Waals surface area contributed by atoms with Gasteiger partial charge in [-0.2, -0.15) is 4.57 Å². The van der Waals surface area contributed by atoms with Crippen LogP contribution in [0.3, 0.4) is 0 Å². The number of hydrogen-bond donors (Lipinski definition) is 0. The van der Waals surface area contributed by atoms with Gasteiger partial charge in [-0.3, -0.25) is 0 Å². The van der Waals surface area contributed by atoms with Gasteiger partial charge in [0.1, 0.15) is 16.9 Å². The van der Waals surface area contributed by atoms with Crippen LogP contribution in [0.15, 0.2) is 53.2 Å². The topological polar surface area (TPSA) is 21.9 Å². The van der Waals surface area contributed by atoms with Gasteiger partial charge in [-0.05, 0) is 90.5 Å². The highest BCUT2D eigenvalue weighted by Crippen LogP contribution is 2.54. The lowest BCUT2D eigenvalue weighted by atomic mass is 9.75. The molecule has 1 atom stereocenters. The van der Waals surface area contributed by atoms with Gasteiger partial charge in [0.05, 0.1) is 7.05 Å². The molecule has 0 fully saturated rings. The molecule has 3 nitrogen and oxygen atoms in total. The van der Waals surface area contributed by atoms with Crippen molar-refractivity contribution < 1.29 is 8.98 Å². The number of rotatable bonds is 8. The van der Waals surface area contributed by atoms with Crippen molar-refractivity contribution >= 4 is 33.0 Å². The van der Waals surface area contributed by atoms with Gasteiger partial charge in [0.2, 0.25) is 6.33 Å². The van der Waals surface area contributed by atoms with Gasteiger partial charge in [0.25, 0.3) is 0 Å². The highest BCUT2D eigenvalue weighted by Gasteiger charge is 2.46. The zero-order chi connectivity index (χ0) is 27.5. The molecule has 1 aliphatic carbocycles. The van der Waals surface area contributed by atoms with Crippen LogP contribution >= 0.6 is 0 Å². The summed E-state index contributed by atoms with van der Waals surface area (Å²) in [5.74, 6) is 0. The predicted molar refractivity (Wildman–Crippen MR) is 164 cm³/mol. The highest BCUT2D eigenvalue weighted by molar-refractivity contribution is 6.05. The molecule has 204 valence electrons. The molecule has 0 radical (unpaired) electrons. The average Bonchev–Trinajstić information content (AvgIpc) is 3.50. The summed E-state index contributed by atoms with van der Waals surface area (Å²) in [6.07, 6.45) is 12.2. The summed E-state index contributed by atoms with van der Waals surface area (Å²) in [6.45, 7) is 14.3. The molecule has 3 aromatic carbocycles. The minimum absolute atomic E-state index is 0.168. The maximum Gasteiger partial charge on any atom is 0.249 e. The van der Waals surface area contributed by atoms with Crippen LogP contribution in [0.2, 0.25) is 0 Å². The Morgan fingerprint density at radius 1 is 0.897 bits per heavy atom. The van der Waals surface area contributed by atoms with Crippen LogP contribution in [0.25, 0.3) is 38.7 Å². The minimum atomic E-state index is 0.168. The van der Waals surface area contributed by atoms with Crippen molar-refractivity contribution in [2.24, 2.45) is 7.05 Å². The second kappa shape index (κ2) is 9.54. The number of nitrogens with zero attached hydrogens (tertiary/aromatic N) is 2. The Labute approximate surface area is 233 Å². The zero-order valence-electron chi connectivity index (χ0n) is 25.1. The Morgan fingerprint density at radius 2 is 1.69 bits per heavy atom. The van der Waals surface area contributed by atoms with Crippen molar-refractivity contribution in [3.8, 4) is 5.69 Å². The van der Waals surface area contributed by atoms with Crippen LogP contribution in [0, 0.1) is 6.92 Å². The second-order valence-corrected chi connectivity index (χ2v) is 13.2. The normalized spacial score (nSPS) is 18.5. The number of imidazole rings is 1. The number of fused-ring (bicyclic) bond motifs is 5. The van der Waals surface area contributed by atoms with Crippen molar-refractivity contribution in [1.29, 1.82) is 0 Å². The Kier molecular flexibility index (Phi) is 6.40. The first-order chi connectivity index (χ1) is 18.7. The molecule has 0 bridgehead atoms. The molecule has 0 N–H and O–H groups in total. The summed E-state index contributed by atoms with van der Waals surface area (Å²) >= 11 is 0. The van der Waals surface area contributed by atoms with Crippen molar-refractivity contribution in [2.75, 3.05) is 0 Å². The molecule has 0 spiro atoms. The molecule has 2 heterocycles. The molecule has 2 aromatic heterocycles. The van der Waals surface area contributed by atoms with E-state index in [2.05, 4.69) is 107 Å². The number of benzene rings is 3. The molecule has 6 rings (SSSR count). The molecule has 1 unspecified atom stereocenters. The zero-order valence-corrected chi connectivity index (χ0v) is 25.1. The highest BCUT2D eigenvalue weighted by atomic mass is 16.3. The molecule has 0 saturated heterocycles. The number of aryl methyl sites for hydroxylation is 3. The Morgan fingerprint density at radius 3 is 2.46 bits per heavy atom. The van der Waals surface area contributed by atoms with Crippen molar-refractivity contribution in [2.45, 2.75) is 104 Å². The molecule has 3 heteroatoms. The maximum atomic E-state index is 6.38. The van der Waals surface area contributed by atoms with E-state index in [1.165, 1.54) is 83.4 Å². The largest absolute Gasteiger partial charge is 0.456 e. The monoisotopic (exact) mass is 521 g/mol. The van der Waals surface area contributed by atoms with Crippen molar-refractivity contribution in [3.05, 3.63) is 71.0 Å². The van der Waals surface area contributed by atoms with E-state index in [-0.39, 0.29) is 10.8 Å². The average molecular weight is 522 g/mol. The van der Waals surface area contributed by atoms with Crippen LogP contribution in [-0.2, 0) is 24.3 Å². The van der Waals surface area contributed by atoms with Crippen molar-refractivity contribution in [3.63, 3.8) is 0 Å². The summed E-state index contributed by atoms with van der Waals surface area (Å²) in [5.41, 5.74) is 12.1. The lowest BCUT2D eigenvalue weighted by Gasteiger charge is -2.28. The van der Waals surface area contributed by atoms with E-state index in [1.807, 2.05) is 0 Å². The summed E-state index contributed by atoms with van der Waals surface area (Å²) in [4.78, 5) is 0. The molecule has 0 aliphatic heterocycles. The fraction of sp³-hybridized carbons (Fsp3) is 0.472. The number of furan rings is 1. The third kappa shape index (κ3) is 4.20. The van der Waals surface area contributed by atoms with Crippen LogP contribution in [0.5, 0.6) is 0 Å². The summed E-state index contributed by atoms with van der Waals surface area (Å²) in [5, 5.41) is 2.43. The van der Waals surface area contributed by atoms with Crippen LogP contribution in [0.4, 0.5) is 0 Å². The van der Waals surface area contributed by atoms with Crippen LogP contribution in [0.1, 0.15) is 102 Å². The lowest BCUT2D eigenvalue weighted by Crippen LogP contribution is -2.28. The standard InChI is InChI=1S/C36H45N2O/c1-8-10-12-18-36(6)22-35(4,5)29-21-30-34(24(3)33(29)36)37(7)23-38(30)26-15-16-27-28-19-25(13-11-9-2)14-17-31(28)39-32(27)20-26/h14-17,19-21,23H,8-13,18,22H2,1-7H3/q+1. The van der Waals surface area contributed by atoms with E-state index >= 15 is 0 Å². The smallest absolute Gasteiger partial charge is 0.249 e. The fourth-order valence-electron chi connectivity index (χ4n) is 7.87. The molecule has 0 amide bonds. The first-order valence-corrected chi connectivity index (χ1v) is 15.2. The molecule has 5 aromatic rings. The SMILES string of the molecule is CCCCCC1(C)CC(C)(C)c2cc3c(c(C)c21)[n+](C)cn3-c1ccc2c(c1)oc1ccc(CCCC)cc12. The fourth-order valence-corrected chi connectivity index (χ4v) is 7.87. The van der Waals surface area contributed by atoms with E-state index in [9.17, 15) is 0 Å². The maximum absolute atomic E-state index is 6.38. The molecular formula is C36H45N2O+. The third-order valence-corrected chi connectivity index (χ3v) is 9.54. The number of aromatic nitrogens is 2. The van der Waals surface area contributed by atoms with E-state index in [0.29, 0.717) is 0 Å². The lowest BCUT2D eigenvalue weighted by molar-refractivity contribution is -0.645. The quantitative estimate of drug-likeness (QED) is 0.147. The Bertz CT molecular complexity index is 1700. The van der Waals surface area contributed by atoms with Crippen LogP contribution in [-0.4, -0.2) is 4.57 Å². The second-order valence-electron chi connectivity index (χ2n) is 13.2. The van der Waals surface area contributed by atoms with Gasteiger partial charge in [0, 0.05) is 22.4 Å².